The van der Waals surface area contributed by atoms with Gasteiger partial charge in [-0.2, -0.15) is 0 Å². The van der Waals surface area contributed by atoms with E-state index in [1.807, 2.05) is 30.3 Å². The summed E-state index contributed by atoms with van der Waals surface area (Å²) in [5, 5.41) is 13.8. The van der Waals surface area contributed by atoms with Crippen molar-refractivity contribution < 1.29 is 23.8 Å². The first kappa shape index (κ1) is 22.6. The predicted octanol–water partition coefficient (Wildman–Crippen LogP) is 3.47. The number of aliphatic hydroxyl groups is 1. The van der Waals surface area contributed by atoms with E-state index in [2.05, 4.69) is 5.32 Å². The van der Waals surface area contributed by atoms with E-state index in [0.29, 0.717) is 16.8 Å². The number of halogens is 1. The van der Waals surface area contributed by atoms with Gasteiger partial charge in [-0.05, 0) is 29.3 Å². The second-order valence-electron chi connectivity index (χ2n) is 7.97. The molecule has 0 saturated carbocycles. The first-order chi connectivity index (χ1) is 16.0. The molecular weight excluding hydrogens is 423 g/mol. The Morgan fingerprint density at radius 3 is 2.48 bits per heavy atom. The fourth-order valence-electron chi connectivity index (χ4n) is 3.87. The Balaban J connectivity index is 1.43. The summed E-state index contributed by atoms with van der Waals surface area (Å²) < 4.78 is 19.5. The molecule has 0 radical (unpaired) electrons. The number of nitrogens with one attached hydrogen (secondary N) is 1. The van der Waals surface area contributed by atoms with Crippen molar-refractivity contribution >= 4 is 17.5 Å². The lowest BCUT2D eigenvalue weighted by molar-refractivity contribution is -0.155. The van der Waals surface area contributed by atoms with Gasteiger partial charge in [0.1, 0.15) is 18.5 Å². The van der Waals surface area contributed by atoms with E-state index in [0.717, 1.165) is 5.56 Å². The monoisotopic (exact) mass is 448 g/mol. The van der Waals surface area contributed by atoms with Gasteiger partial charge in [0, 0.05) is 17.8 Å². The fourth-order valence-corrected chi connectivity index (χ4v) is 3.87. The third-order valence-electron chi connectivity index (χ3n) is 5.64. The number of rotatable bonds is 7. The largest absolute Gasteiger partial charge is 0.386 e. The van der Waals surface area contributed by atoms with Crippen LogP contribution in [0, 0.1) is 5.82 Å². The zero-order chi connectivity index (χ0) is 23.2. The van der Waals surface area contributed by atoms with Crippen molar-refractivity contribution in [2.24, 2.45) is 0 Å². The number of morpholine rings is 1. The van der Waals surface area contributed by atoms with Gasteiger partial charge in [-0.1, -0.05) is 60.7 Å². The van der Waals surface area contributed by atoms with E-state index in [1.165, 1.54) is 11.0 Å². The van der Waals surface area contributed by atoms with Crippen molar-refractivity contribution in [1.29, 1.82) is 0 Å². The Bertz CT molecular complexity index is 1100. The average molecular weight is 448 g/mol. The molecule has 4 rings (SSSR count). The highest BCUT2D eigenvalue weighted by Crippen LogP contribution is 2.27. The zero-order valence-corrected chi connectivity index (χ0v) is 18.0. The summed E-state index contributed by atoms with van der Waals surface area (Å²) in [4.78, 5) is 26.2. The van der Waals surface area contributed by atoms with Crippen molar-refractivity contribution in [3.8, 4) is 0 Å². The molecule has 0 spiro atoms. The summed E-state index contributed by atoms with van der Waals surface area (Å²) >= 11 is 0. The minimum atomic E-state index is -1.03. The topological polar surface area (TPSA) is 78.9 Å². The summed E-state index contributed by atoms with van der Waals surface area (Å²) in [5.74, 6) is -0.851. The van der Waals surface area contributed by atoms with Crippen molar-refractivity contribution in [3.05, 3.63) is 101 Å². The van der Waals surface area contributed by atoms with Gasteiger partial charge in [-0.3, -0.25) is 9.59 Å². The molecule has 1 aliphatic rings. The third-order valence-corrected chi connectivity index (χ3v) is 5.64. The average Bonchev–Trinajstić information content (AvgIpc) is 2.82. The number of aliphatic hydroxyl groups excluding tert-OH is 1. The van der Waals surface area contributed by atoms with Crippen LogP contribution in [0.2, 0.25) is 0 Å². The molecule has 33 heavy (non-hydrogen) atoms. The van der Waals surface area contributed by atoms with E-state index in [4.69, 9.17) is 4.74 Å². The molecule has 0 aromatic heterocycles. The van der Waals surface area contributed by atoms with Gasteiger partial charge in [0.15, 0.2) is 0 Å². The number of carbonyl (C=O) groups is 2. The van der Waals surface area contributed by atoms with Crippen LogP contribution in [-0.2, 0) is 27.3 Å². The normalized spacial score (nSPS) is 17.0. The Morgan fingerprint density at radius 1 is 1.06 bits per heavy atom. The SMILES string of the molecule is O=C(Cc1ccccc1)Nc1ccc(C(O)C2COCC(=O)N2Cc2ccccc2F)cc1. The fraction of sp³-hybridized carbons (Fsp3) is 0.231. The number of hydrogen-bond donors (Lipinski definition) is 2. The smallest absolute Gasteiger partial charge is 0.249 e. The van der Waals surface area contributed by atoms with Crippen LogP contribution in [-0.4, -0.2) is 41.1 Å². The maximum atomic E-state index is 14.1. The maximum absolute atomic E-state index is 14.1. The lowest BCUT2D eigenvalue weighted by Crippen LogP contribution is -2.51. The molecule has 7 heteroatoms. The van der Waals surface area contributed by atoms with Crippen LogP contribution in [0.1, 0.15) is 22.8 Å². The Labute approximate surface area is 191 Å². The van der Waals surface area contributed by atoms with Gasteiger partial charge in [0.2, 0.25) is 11.8 Å². The summed E-state index contributed by atoms with van der Waals surface area (Å²) in [7, 11) is 0. The van der Waals surface area contributed by atoms with Crippen molar-refractivity contribution in [2.75, 3.05) is 18.5 Å². The number of ether oxygens (including phenoxy) is 1. The number of nitrogens with zero attached hydrogens (tertiary/aromatic N) is 1. The number of hydrogen-bond acceptors (Lipinski definition) is 4. The Hall–Kier alpha value is -3.55. The van der Waals surface area contributed by atoms with Crippen LogP contribution in [0.3, 0.4) is 0 Å². The molecule has 1 aliphatic heterocycles. The van der Waals surface area contributed by atoms with Crippen LogP contribution in [0.4, 0.5) is 10.1 Å². The van der Waals surface area contributed by atoms with Crippen molar-refractivity contribution in [1.82, 2.24) is 4.90 Å². The van der Waals surface area contributed by atoms with E-state index >= 15 is 0 Å². The second kappa shape index (κ2) is 10.4. The van der Waals surface area contributed by atoms with Crippen LogP contribution in [0.15, 0.2) is 78.9 Å². The zero-order valence-electron chi connectivity index (χ0n) is 18.0. The first-order valence-corrected chi connectivity index (χ1v) is 10.7. The molecule has 2 unspecified atom stereocenters. The minimum Gasteiger partial charge on any atom is -0.386 e. The molecule has 170 valence electrons. The molecular formula is C26H25FN2O4. The molecule has 6 nitrogen and oxygen atoms in total. The summed E-state index contributed by atoms with van der Waals surface area (Å²) in [5.41, 5.74) is 2.46. The van der Waals surface area contributed by atoms with Gasteiger partial charge in [0.05, 0.1) is 19.1 Å². The van der Waals surface area contributed by atoms with Crippen LogP contribution in [0.25, 0.3) is 0 Å². The summed E-state index contributed by atoms with van der Waals surface area (Å²) in [6, 6.07) is 21.8. The van der Waals surface area contributed by atoms with E-state index in [1.54, 1.807) is 42.5 Å². The minimum absolute atomic E-state index is 0.0459. The number of anilines is 1. The van der Waals surface area contributed by atoms with Crippen molar-refractivity contribution in [3.63, 3.8) is 0 Å². The molecule has 0 bridgehead atoms. The molecule has 2 N–H and O–H groups in total. The summed E-state index contributed by atoms with van der Waals surface area (Å²) in [6.45, 7) is 0.0746. The van der Waals surface area contributed by atoms with E-state index < -0.39 is 18.0 Å². The quantitative estimate of drug-likeness (QED) is 0.580. The number of benzene rings is 3. The molecule has 2 amide bonds. The summed E-state index contributed by atoms with van der Waals surface area (Å²) in [6.07, 6.45) is -0.771. The molecule has 3 aromatic carbocycles. The Kier molecular flexibility index (Phi) is 7.12. The highest BCUT2D eigenvalue weighted by molar-refractivity contribution is 5.92. The predicted molar refractivity (Wildman–Crippen MR) is 122 cm³/mol. The first-order valence-electron chi connectivity index (χ1n) is 10.7. The Morgan fingerprint density at radius 2 is 1.76 bits per heavy atom. The van der Waals surface area contributed by atoms with Gasteiger partial charge in [-0.15, -0.1) is 0 Å². The number of amides is 2. The molecule has 1 heterocycles. The van der Waals surface area contributed by atoms with Crippen LogP contribution in [0.5, 0.6) is 0 Å². The molecule has 1 saturated heterocycles. The van der Waals surface area contributed by atoms with Gasteiger partial charge < -0.3 is 20.1 Å². The van der Waals surface area contributed by atoms with Crippen LogP contribution >= 0.6 is 0 Å². The van der Waals surface area contributed by atoms with Crippen molar-refractivity contribution in [2.45, 2.75) is 25.1 Å². The van der Waals surface area contributed by atoms with Gasteiger partial charge in [-0.25, -0.2) is 4.39 Å². The maximum Gasteiger partial charge on any atom is 0.249 e. The molecule has 3 aromatic rings. The lowest BCUT2D eigenvalue weighted by Gasteiger charge is -2.38. The third kappa shape index (κ3) is 5.63. The molecule has 0 aliphatic carbocycles. The second-order valence-corrected chi connectivity index (χ2v) is 7.97. The lowest BCUT2D eigenvalue weighted by atomic mass is 9.99. The van der Waals surface area contributed by atoms with Gasteiger partial charge in [0.25, 0.3) is 0 Å². The standard InChI is InChI=1S/C26H25FN2O4/c27-22-9-5-4-8-20(22)15-29-23(16-33-17-25(29)31)26(32)19-10-12-21(13-11-19)28-24(30)14-18-6-2-1-3-7-18/h1-13,23,26,32H,14-17H2,(H,28,30). The van der Waals surface area contributed by atoms with Gasteiger partial charge >= 0.3 is 0 Å². The molecule has 2 atom stereocenters. The highest BCUT2D eigenvalue weighted by atomic mass is 19.1. The van der Waals surface area contributed by atoms with Crippen LogP contribution < -0.4 is 5.32 Å². The number of carbonyl (C=O) groups excluding carboxylic acids is 2. The molecule has 1 fully saturated rings. The van der Waals surface area contributed by atoms with E-state index in [9.17, 15) is 19.1 Å². The highest BCUT2D eigenvalue weighted by Gasteiger charge is 2.35. The van der Waals surface area contributed by atoms with E-state index in [-0.39, 0.29) is 38.0 Å².